The smallest absolute Gasteiger partial charge is 0.271 e. The molecule has 0 radical (unpaired) electrons. The average Bonchev–Trinajstić information content (AvgIpc) is 2.79. The van der Waals surface area contributed by atoms with Gasteiger partial charge in [-0.3, -0.25) is 20.4 Å². The number of sulfonamides is 1. The van der Waals surface area contributed by atoms with Crippen LogP contribution in [0, 0.1) is 0 Å². The summed E-state index contributed by atoms with van der Waals surface area (Å²) in [6.07, 6.45) is -9.12. The van der Waals surface area contributed by atoms with Crippen molar-refractivity contribution < 1.29 is 44.3 Å². The second-order valence-corrected chi connectivity index (χ2v) is 10.3. The van der Waals surface area contributed by atoms with Crippen LogP contribution in [0.15, 0.2) is 47.4 Å². The number of nitrogens with one attached hydrogen (secondary N) is 3. The van der Waals surface area contributed by atoms with Gasteiger partial charge in [0.1, 0.15) is 6.04 Å². The lowest BCUT2D eigenvalue weighted by Gasteiger charge is -2.20. The molecule has 3 N–H and O–H groups in total. The van der Waals surface area contributed by atoms with Gasteiger partial charge >= 0.3 is 12.4 Å². The van der Waals surface area contributed by atoms with Crippen molar-refractivity contribution in [3.05, 3.63) is 64.2 Å². The third-order valence-electron chi connectivity index (χ3n) is 4.50. The van der Waals surface area contributed by atoms with Gasteiger partial charge in [-0.1, -0.05) is 11.6 Å². The van der Waals surface area contributed by atoms with Crippen LogP contribution < -0.4 is 15.6 Å². The molecule has 0 saturated carbocycles. The van der Waals surface area contributed by atoms with Crippen LogP contribution in [-0.4, -0.2) is 38.3 Å². The highest BCUT2D eigenvalue weighted by atomic mass is 35.5. The molecule has 2 aromatic carbocycles. The van der Waals surface area contributed by atoms with Crippen LogP contribution in [0.25, 0.3) is 0 Å². The zero-order valence-electron chi connectivity index (χ0n) is 18.1. The van der Waals surface area contributed by atoms with Crippen LogP contribution in [0.3, 0.4) is 0 Å². The summed E-state index contributed by atoms with van der Waals surface area (Å²) < 4.78 is 106. The minimum atomic E-state index is -5.27. The van der Waals surface area contributed by atoms with Crippen molar-refractivity contribution in [2.75, 3.05) is 12.0 Å². The van der Waals surface area contributed by atoms with Crippen molar-refractivity contribution in [1.82, 2.24) is 15.6 Å². The average molecular weight is 578 g/mol. The van der Waals surface area contributed by atoms with E-state index in [9.17, 15) is 44.3 Å². The molecule has 0 aromatic heterocycles. The molecule has 36 heavy (non-hydrogen) atoms. The lowest BCUT2D eigenvalue weighted by molar-refractivity contribution is -0.143. The molecular formula is C20H18ClF6N3O4S2. The lowest BCUT2D eigenvalue weighted by Crippen LogP contribution is -2.52. The number of rotatable bonds is 8. The first-order valence-corrected chi connectivity index (χ1v) is 13.0. The largest absolute Gasteiger partial charge is 0.416 e. The Hall–Kier alpha value is -2.49. The number of alkyl halides is 6. The van der Waals surface area contributed by atoms with Crippen LogP contribution in [0.4, 0.5) is 26.3 Å². The number of hydrogen-bond acceptors (Lipinski definition) is 5. The topological polar surface area (TPSA) is 104 Å². The predicted octanol–water partition coefficient (Wildman–Crippen LogP) is 4.24. The van der Waals surface area contributed by atoms with Gasteiger partial charge in [0.05, 0.1) is 16.0 Å². The van der Waals surface area contributed by atoms with Gasteiger partial charge in [0.2, 0.25) is 10.0 Å². The molecular weight excluding hydrogens is 560 g/mol. The van der Waals surface area contributed by atoms with E-state index in [1.807, 2.05) is 15.6 Å². The first-order chi connectivity index (χ1) is 16.5. The molecule has 0 aliphatic heterocycles. The minimum absolute atomic E-state index is 0.0312. The second kappa shape index (κ2) is 11.7. The van der Waals surface area contributed by atoms with E-state index in [0.717, 1.165) is 0 Å². The van der Waals surface area contributed by atoms with Crippen LogP contribution in [0.5, 0.6) is 0 Å². The van der Waals surface area contributed by atoms with E-state index in [1.165, 1.54) is 36.0 Å². The molecule has 198 valence electrons. The van der Waals surface area contributed by atoms with Gasteiger partial charge in [0.25, 0.3) is 11.8 Å². The number of carbonyl (C=O) groups excluding carboxylic acids is 2. The zero-order chi connectivity index (χ0) is 27.3. The Morgan fingerprint density at radius 3 is 1.94 bits per heavy atom. The Morgan fingerprint density at radius 2 is 1.47 bits per heavy atom. The van der Waals surface area contributed by atoms with Gasteiger partial charge in [0, 0.05) is 10.6 Å². The van der Waals surface area contributed by atoms with Crippen molar-refractivity contribution in [3.63, 3.8) is 0 Å². The molecule has 0 fully saturated rings. The Balaban J connectivity index is 2.29. The summed E-state index contributed by atoms with van der Waals surface area (Å²) in [7, 11) is -5.04. The van der Waals surface area contributed by atoms with Crippen molar-refractivity contribution in [2.24, 2.45) is 0 Å². The summed E-state index contributed by atoms with van der Waals surface area (Å²) in [5, 5.41) is 0.338. The predicted molar refractivity (Wildman–Crippen MR) is 121 cm³/mol. The Kier molecular flexibility index (Phi) is 9.67. The normalized spacial score (nSPS) is 13.2. The lowest BCUT2D eigenvalue weighted by atomic mass is 10.1. The van der Waals surface area contributed by atoms with Crippen LogP contribution in [-0.2, 0) is 27.2 Å². The highest BCUT2D eigenvalue weighted by Gasteiger charge is 2.39. The maximum Gasteiger partial charge on any atom is 0.416 e. The van der Waals surface area contributed by atoms with Gasteiger partial charge in [-0.2, -0.15) is 42.8 Å². The molecule has 0 heterocycles. The number of amides is 2. The van der Waals surface area contributed by atoms with Gasteiger partial charge < -0.3 is 0 Å². The van der Waals surface area contributed by atoms with E-state index >= 15 is 0 Å². The quantitative estimate of drug-likeness (QED) is 0.322. The number of hydrogen-bond donors (Lipinski definition) is 3. The highest BCUT2D eigenvalue weighted by molar-refractivity contribution is 7.98. The summed E-state index contributed by atoms with van der Waals surface area (Å²) in [6.45, 7) is 0. The third kappa shape index (κ3) is 8.28. The first-order valence-electron chi connectivity index (χ1n) is 9.71. The monoisotopic (exact) mass is 577 g/mol. The van der Waals surface area contributed by atoms with E-state index in [1.54, 1.807) is 6.26 Å². The Morgan fingerprint density at radius 1 is 0.944 bits per heavy atom. The van der Waals surface area contributed by atoms with Gasteiger partial charge in [-0.25, -0.2) is 8.42 Å². The summed E-state index contributed by atoms with van der Waals surface area (Å²) in [6, 6.07) is 3.68. The fourth-order valence-electron chi connectivity index (χ4n) is 2.70. The van der Waals surface area contributed by atoms with Crippen LogP contribution >= 0.6 is 23.4 Å². The maximum absolute atomic E-state index is 13.1. The molecule has 0 aliphatic rings. The number of benzene rings is 2. The molecule has 1 atom stereocenters. The highest BCUT2D eigenvalue weighted by Crippen LogP contribution is 2.37. The summed E-state index contributed by atoms with van der Waals surface area (Å²) >= 11 is 6.91. The number of hydrazine groups is 1. The third-order valence-corrected chi connectivity index (χ3v) is 6.85. The zero-order valence-corrected chi connectivity index (χ0v) is 20.5. The standard InChI is InChI=1S/C20H18ClF6N3O4S2/c1-35-7-6-16(18(32)29-28-17(31)11-2-4-14(21)5-3-11)30-36(33,34)15-9-12(19(22,23)24)8-13(10-15)20(25,26)27/h2-5,8-10,16,30H,6-7H2,1H3,(H,28,31)(H,29,32). The number of halogens is 7. The van der Waals surface area contributed by atoms with Crippen LogP contribution in [0.2, 0.25) is 5.02 Å². The van der Waals surface area contributed by atoms with Crippen molar-refractivity contribution >= 4 is 45.2 Å². The SMILES string of the molecule is CSCCC(NS(=O)(=O)c1cc(C(F)(F)F)cc(C(F)(F)F)c1)C(=O)NNC(=O)c1ccc(Cl)cc1. The molecule has 0 aliphatic carbocycles. The second-order valence-electron chi connectivity index (χ2n) is 7.15. The molecule has 0 saturated heterocycles. The van der Waals surface area contributed by atoms with E-state index in [-0.39, 0.29) is 35.9 Å². The van der Waals surface area contributed by atoms with E-state index < -0.39 is 56.3 Å². The van der Waals surface area contributed by atoms with Gasteiger partial charge in [0.15, 0.2) is 0 Å². The Labute approximate surface area is 211 Å². The minimum Gasteiger partial charge on any atom is -0.271 e. The van der Waals surface area contributed by atoms with Crippen LogP contribution in [0.1, 0.15) is 27.9 Å². The molecule has 2 aromatic rings. The van der Waals surface area contributed by atoms with Crippen molar-refractivity contribution in [1.29, 1.82) is 0 Å². The number of carbonyl (C=O) groups is 2. The fraction of sp³-hybridized carbons (Fsp3) is 0.300. The summed E-state index contributed by atoms with van der Waals surface area (Å²) in [5.74, 6) is -1.71. The van der Waals surface area contributed by atoms with E-state index in [2.05, 4.69) is 0 Å². The maximum atomic E-state index is 13.1. The summed E-state index contributed by atoms with van der Waals surface area (Å²) in [5.41, 5.74) is 0.437. The van der Waals surface area contributed by atoms with Crippen molar-refractivity contribution in [2.45, 2.75) is 29.7 Å². The molecule has 0 spiro atoms. The number of thioether (sulfide) groups is 1. The first kappa shape index (κ1) is 29.7. The molecule has 2 rings (SSSR count). The summed E-state index contributed by atoms with van der Waals surface area (Å²) in [4.78, 5) is 23.4. The molecule has 0 bridgehead atoms. The molecule has 1 unspecified atom stereocenters. The van der Waals surface area contributed by atoms with E-state index in [4.69, 9.17) is 11.6 Å². The molecule has 2 amide bonds. The Bertz CT molecular complexity index is 1170. The fourth-order valence-corrected chi connectivity index (χ4v) is 4.59. The molecule has 7 nitrogen and oxygen atoms in total. The van der Waals surface area contributed by atoms with E-state index in [0.29, 0.717) is 5.02 Å². The van der Waals surface area contributed by atoms with Gasteiger partial charge in [-0.15, -0.1) is 0 Å². The van der Waals surface area contributed by atoms with Crippen molar-refractivity contribution in [3.8, 4) is 0 Å². The molecule has 16 heteroatoms. The van der Waals surface area contributed by atoms with Gasteiger partial charge in [-0.05, 0) is 60.9 Å².